The predicted molar refractivity (Wildman–Crippen MR) is 245 cm³/mol. The number of likely N-dealkylation sites (N-methyl/N-ethyl adjacent to an activating group) is 2. The van der Waals surface area contributed by atoms with Gasteiger partial charge in [0, 0.05) is 56.0 Å². The third-order valence-electron chi connectivity index (χ3n) is 9.53. The summed E-state index contributed by atoms with van der Waals surface area (Å²) in [6.45, 7) is 4.45. The van der Waals surface area contributed by atoms with Crippen LogP contribution in [0.3, 0.4) is 0 Å². The highest BCUT2D eigenvalue weighted by atomic mass is 35.5. The van der Waals surface area contributed by atoms with E-state index in [4.69, 9.17) is 0 Å². The molecule has 1 amide bonds. The Hall–Kier alpha value is -6.31. The second-order valence-electron chi connectivity index (χ2n) is 14.6. The van der Waals surface area contributed by atoms with Gasteiger partial charge in [-0.05, 0) is 81.6 Å². The lowest BCUT2D eigenvalue weighted by molar-refractivity contribution is -0.142. The number of hydrogen-bond acceptors (Lipinski definition) is 11. The summed E-state index contributed by atoms with van der Waals surface area (Å²) in [5.41, 5.74) is 1.20. The van der Waals surface area contributed by atoms with Crippen molar-refractivity contribution in [2.24, 2.45) is 0 Å². The lowest BCUT2D eigenvalue weighted by Crippen LogP contribution is -2.36. The summed E-state index contributed by atoms with van der Waals surface area (Å²) in [7, 11) is -2.03. The molecule has 3 N–H and O–H groups in total. The molecule has 0 aliphatic carbocycles. The zero-order valence-corrected chi connectivity index (χ0v) is 40.1. The average Bonchev–Trinajstić information content (AvgIpc) is 3.97. The molecule has 0 aliphatic heterocycles. The van der Waals surface area contributed by atoms with Gasteiger partial charge in [-0.2, -0.15) is 36.5 Å². The molecule has 0 radical (unpaired) electrons. The number of alkyl halides is 6. The molecule has 69 heavy (non-hydrogen) atoms. The van der Waals surface area contributed by atoms with E-state index >= 15 is 0 Å². The molecule has 6 rings (SSSR count). The van der Waals surface area contributed by atoms with Gasteiger partial charge in [0.05, 0.1) is 46.8 Å². The molecule has 0 saturated heterocycles. The number of methoxy groups -OCH3 is 2. The fourth-order valence-electron chi connectivity index (χ4n) is 5.90. The average molecular weight is 1030 g/mol. The summed E-state index contributed by atoms with van der Waals surface area (Å²) < 4.78 is 145. The van der Waals surface area contributed by atoms with Crippen LogP contribution in [0.15, 0.2) is 119 Å². The first kappa shape index (κ1) is 55.3. The molecule has 0 spiro atoms. The van der Waals surface area contributed by atoms with Crippen molar-refractivity contribution in [2.45, 2.75) is 36.0 Å². The molecule has 6 aromatic rings. The van der Waals surface area contributed by atoms with Crippen molar-refractivity contribution < 1.29 is 62.2 Å². The summed E-state index contributed by atoms with van der Waals surface area (Å²) >= 11 is 4.60. The van der Waals surface area contributed by atoms with E-state index in [-0.39, 0.29) is 46.5 Å². The van der Waals surface area contributed by atoms with Crippen LogP contribution in [0.25, 0.3) is 33.9 Å². The molecule has 4 aromatic carbocycles. The minimum Gasteiger partial charge on any atom is -0.457 e. The molecule has 25 heteroatoms. The normalized spacial score (nSPS) is 11.7. The van der Waals surface area contributed by atoms with Crippen molar-refractivity contribution >= 4 is 43.2 Å². The number of hydrogen-bond donors (Lipinski definition) is 3. The van der Waals surface area contributed by atoms with Gasteiger partial charge in [-0.25, -0.2) is 45.2 Å². The third kappa shape index (κ3) is 15.6. The quantitative estimate of drug-likeness (QED) is 0.0541. The van der Waals surface area contributed by atoms with Crippen molar-refractivity contribution in [1.29, 1.82) is 0 Å². The van der Waals surface area contributed by atoms with E-state index in [9.17, 15) is 52.8 Å². The maximum absolute atomic E-state index is 13.3. The minimum atomic E-state index is -4.64. The molecule has 2 heterocycles. The highest BCUT2D eigenvalue weighted by Gasteiger charge is 2.36. The first-order valence-electron chi connectivity index (χ1n) is 20.2. The van der Waals surface area contributed by atoms with Crippen molar-refractivity contribution in [3.05, 3.63) is 132 Å². The monoisotopic (exact) mass is 1030 g/mol. The fourth-order valence-corrected chi connectivity index (χ4v) is 7.95. The van der Waals surface area contributed by atoms with E-state index in [0.717, 1.165) is 27.9 Å². The van der Waals surface area contributed by atoms with Gasteiger partial charge in [0.2, 0.25) is 20.0 Å². The number of nitrogens with zero attached hydrogens (tertiary/aromatic N) is 5. The van der Waals surface area contributed by atoms with Gasteiger partial charge in [-0.15, -0.1) is 0 Å². The van der Waals surface area contributed by atoms with Gasteiger partial charge in [-0.1, -0.05) is 59.7 Å². The van der Waals surface area contributed by atoms with Crippen LogP contribution in [0.4, 0.5) is 35.9 Å². The Balaban J connectivity index is 0.000000275. The van der Waals surface area contributed by atoms with Crippen molar-refractivity contribution in [2.75, 3.05) is 54.5 Å². The second-order valence-corrected chi connectivity index (χ2v) is 18.4. The van der Waals surface area contributed by atoms with Gasteiger partial charge in [-0.3, -0.25) is 0 Å². The number of carbonyl (C=O) groups excluding carboxylic acids is 2. The molecule has 2 aromatic heterocycles. The lowest BCUT2D eigenvalue weighted by atomic mass is 10.1. The molecule has 16 nitrogen and oxygen atoms in total. The summed E-state index contributed by atoms with van der Waals surface area (Å²) in [6, 6.07) is 26.7. The Bertz CT molecular complexity index is 2880. The van der Waals surface area contributed by atoms with E-state index in [2.05, 4.69) is 46.0 Å². The van der Waals surface area contributed by atoms with Gasteiger partial charge in [0.15, 0.2) is 11.4 Å². The molecular weight excluding hydrogens is 982 g/mol. The van der Waals surface area contributed by atoms with E-state index in [0.29, 0.717) is 23.4 Å². The highest BCUT2D eigenvalue weighted by molar-refractivity contribution is 7.89. The van der Waals surface area contributed by atoms with Crippen LogP contribution in [0, 0.1) is 13.8 Å². The van der Waals surface area contributed by atoms with E-state index in [1.165, 1.54) is 79.4 Å². The van der Waals surface area contributed by atoms with E-state index in [1.807, 2.05) is 13.8 Å². The molecule has 372 valence electrons. The van der Waals surface area contributed by atoms with Gasteiger partial charge in [0.1, 0.15) is 0 Å². The number of ether oxygens (including phenoxy) is 2. The summed E-state index contributed by atoms with van der Waals surface area (Å²) in [6.07, 6.45) is -9.86. The Kier molecular flexibility index (Phi) is 19.1. The van der Waals surface area contributed by atoms with E-state index in [1.54, 1.807) is 55.6 Å². The third-order valence-corrected chi connectivity index (χ3v) is 12.6. The predicted octanol–water partition coefficient (Wildman–Crippen LogP) is 8.20. The summed E-state index contributed by atoms with van der Waals surface area (Å²) in [5.74, 6) is 0. The smallest absolute Gasteiger partial charge is 0.435 e. The number of benzene rings is 4. The Morgan fingerprint density at radius 2 is 0.986 bits per heavy atom. The minimum absolute atomic E-state index is 0.0161. The molecule has 0 unspecified atom stereocenters. The van der Waals surface area contributed by atoms with Crippen LogP contribution in [-0.2, 0) is 41.9 Å². The molecular formula is C44H47ClF6N8O8S2. The van der Waals surface area contributed by atoms with Crippen LogP contribution < -0.4 is 14.8 Å². The molecule has 0 atom stereocenters. The van der Waals surface area contributed by atoms with Crippen molar-refractivity contribution in [3.8, 4) is 33.9 Å². The lowest BCUT2D eigenvalue weighted by Gasteiger charge is -2.15. The van der Waals surface area contributed by atoms with Crippen LogP contribution in [0.5, 0.6) is 0 Å². The Morgan fingerprint density at radius 3 is 1.30 bits per heavy atom. The standard InChI is InChI=1S/C22H23F3N4O4S.C20H21F3N4O2S.C2H3ClO2/c1-15-4-6-16(7-5-15)19-14-20(22(23,24)25)27-29(19)17-8-10-18(11-9-17)34(31,32)26-12-13-28(2)21(30)33-3;1-14-3-5-15(6-4-14)18-13-19(20(21,22)23)26-27(18)16-7-9-17(10-8-16)30(28,29)25-12-11-24-2;1-5-2(3)4/h4-11,14,26H,12-13H2,1-3H3;3-10,13,24-25H,11-12H2,1-2H3;1H3. The number of sulfonamides is 2. The first-order chi connectivity index (χ1) is 32.3. The SMILES string of the molecule is CNCCNS(=O)(=O)c1ccc(-n2nc(C(F)(F)F)cc2-c2ccc(C)cc2)cc1.COC(=O)Cl.COC(=O)N(C)CCNS(=O)(=O)c1ccc(-n2nc(C(F)(F)F)cc2-c2ccc(C)cc2)cc1. The number of amides is 1. The molecule has 0 saturated carbocycles. The summed E-state index contributed by atoms with van der Waals surface area (Å²) in [5, 5.41) is 10.3. The Morgan fingerprint density at radius 1 is 0.623 bits per heavy atom. The molecule has 0 aliphatic rings. The molecule has 0 bridgehead atoms. The maximum Gasteiger partial charge on any atom is 0.435 e. The van der Waals surface area contributed by atoms with Gasteiger partial charge < -0.3 is 19.7 Å². The summed E-state index contributed by atoms with van der Waals surface area (Å²) in [4.78, 5) is 21.9. The van der Waals surface area contributed by atoms with Crippen LogP contribution >= 0.6 is 11.6 Å². The molecule has 0 fully saturated rings. The number of halogens is 7. The van der Waals surface area contributed by atoms with Crippen LogP contribution in [0.2, 0.25) is 0 Å². The van der Waals surface area contributed by atoms with Crippen LogP contribution in [-0.4, -0.2) is 107 Å². The number of rotatable bonds is 14. The number of carbonyl (C=O) groups is 2. The fraction of sp³-hybridized carbons (Fsp3) is 0.273. The zero-order valence-electron chi connectivity index (χ0n) is 37.7. The van der Waals surface area contributed by atoms with Crippen LogP contribution in [0.1, 0.15) is 22.5 Å². The van der Waals surface area contributed by atoms with Crippen molar-refractivity contribution in [1.82, 2.24) is 39.2 Å². The number of aromatic nitrogens is 4. The number of aryl methyl sites for hydroxylation is 2. The zero-order chi connectivity index (χ0) is 51.3. The number of nitrogens with one attached hydrogen (secondary N) is 3. The topological polar surface area (TPSA) is 196 Å². The maximum atomic E-state index is 13.3. The van der Waals surface area contributed by atoms with Gasteiger partial charge in [0.25, 0.3) is 0 Å². The Labute approximate surface area is 399 Å². The van der Waals surface area contributed by atoms with Crippen molar-refractivity contribution in [3.63, 3.8) is 0 Å². The first-order valence-corrected chi connectivity index (χ1v) is 23.5. The largest absolute Gasteiger partial charge is 0.457 e. The van der Waals surface area contributed by atoms with E-state index < -0.39 is 55.3 Å². The second kappa shape index (κ2) is 23.8. The highest BCUT2D eigenvalue weighted by Crippen LogP contribution is 2.35. The van der Waals surface area contributed by atoms with Gasteiger partial charge >= 0.3 is 23.9 Å².